The standard InChI is InChI=1S/C19H17ClN6OS/c1-14-3-7-16(8-4-14)25(12-2-11-21)18(27)13-28-19-22-23-24-26(19)17-9-5-15(20)6-10-17/h3-10H,2,12-13H2,1H3. The van der Waals surface area contributed by atoms with Crippen molar-refractivity contribution in [3.8, 4) is 11.8 Å². The lowest BCUT2D eigenvalue weighted by Crippen LogP contribution is -2.33. The third kappa shape index (κ3) is 4.88. The highest BCUT2D eigenvalue weighted by Crippen LogP contribution is 2.22. The minimum atomic E-state index is -0.116. The van der Waals surface area contributed by atoms with Crippen molar-refractivity contribution in [1.82, 2.24) is 20.2 Å². The Morgan fingerprint density at radius 2 is 1.93 bits per heavy atom. The maximum Gasteiger partial charge on any atom is 0.237 e. The molecule has 0 radical (unpaired) electrons. The predicted octanol–water partition coefficient (Wildman–Crippen LogP) is 3.66. The zero-order valence-electron chi connectivity index (χ0n) is 15.1. The summed E-state index contributed by atoms with van der Waals surface area (Å²) in [5.41, 5.74) is 2.63. The van der Waals surface area contributed by atoms with Crippen molar-refractivity contribution in [1.29, 1.82) is 5.26 Å². The Kier molecular flexibility index (Phi) is 6.63. The van der Waals surface area contributed by atoms with Crippen LogP contribution in [0.15, 0.2) is 53.7 Å². The van der Waals surface area contributed by atoms with Crippen molar-refractivity contribution in [2.24, 2.45) is 0 Å². The Balaban J connectivity index is 1.73. The van der Waals surface area contributed by atoms with Crippen molar-refractivity contribution >= 4 is 35.0 Å². The summed E-state index contributed by atoms with van der Waals surface area (Å²) in [5.74, 6) is 0.0301. The zero-order valence-corrected chi connectivity index (χ0v) is 16.7. The third-order valence-electron chi connectivity index (χ3n) is 3.93. The average Bonchev–Trinajstić information content (AvgIpc) is 3.17. The molecule has 1 amide bonds. The Morgan fingerprint density at radius 1 is 1.21 bits per heavy atom. The average molecular weight is 413 g/mol. The summed E-state index contributed by atoms with van der Waals surface area (Å²) >= 11 is 7.16. The molecule has 0 aliphatic heterocycles. The molecule has 0 atom stereocenters. The molecule has 0 saturated carbocycles. The number of aryl methyl sites for hydroxylation is 1. The van der Waals surface area contributed by atoms with E-state index in [1.54, 1.807) is 33.8 Å². The number of benzene rings is 2. The van der Waals surface area contributed by atoms with E-state index in [1.807, 2.05) is 31.2 Å². The maximum absolute atomic E-state index is 12.8. The SMILES string of the molecule is Cc1ccc(N(CCC#N)C(=O)CSc2nnnn2-c2ccc(Cl)cc2)cc1. The predicted molar refractivity (Wildman–Crippen MR) is 109 cm³/mol. The van der Waals surface area contributed by atoms with Gasteiger partial charge in [0.2, 0.25) is 11.1 Å². The summed E-state index contributed by atoms with van der Waals surface area (Å²) in [6.45, 7) is 2.32. The second kappa shape index (κ2) is 9.35. The fourth-order valence-electron chi connectivity index (χ4n) is 2.50. The van der Waals surface area contributed by atoms with Gasteiger partial charge < -0.3 is 4.90 Å². The van der Waals surface area contributed by atoms with Crippen LogP contribution in [0, 0.1) is 18.3 Å². The first-order valence-corrected chi connectivity index (χ1v) is 9.86. The van der Waals surface area contributed by atoms with Crippen LogP contribution in [0.5, 0.6) is 0 Å². The van der Waals surface area contributed by atoms with Crippen LogP contribution in [0.4, 0.5) is 5.69 Å². The van der Waals surface area contributed by atoms with Gasteiger partial charge >= 0.3 is 0 Å². The molecular formula is C19H17ClN6OS. The molecule has 1 aromatic heterocycles. The van der Waals surface area contributed by atoms with Crippen LogP contribution in [0.1, 0.15) is 12.0 Å². The Labute approximate surface area is 171 Å². The van der Waals surface area contributed by atoms with E-state index in [9.17, 15) is 4.79 Å². The van der Waals surface area contributed by atoms with E-state index < -0.39 is 0 Å². The number of anilines is 1. The first-order valence-electron chi connectivity index (χ1n) is 8.49. The normalized spacial score (nSPS) is 10.5. The molecule has 9 heteroatoms. The van der Waals surface area contributed by atoms with Crippen LogP contribution in [-0.4, -0.2) is 38.4 Å². The van der Waals surface area contributed by atoms with Gasteiger partial charge in [0, 0.05) is 17.3 Å². The summed E-state index contributed by atoms with van der Waals surface area (Å²) in [7, 11) is 0. The molecule has 0 aliphatic carbocycles. The molecule has 0 aliphatic rings. The number of hydrogen-bond donors (Lipinski definition) is 0. The quantitative estimate of drug-likeness (QED) is 0.550. The van der Waals surface area contributed by atoms with E-state index in [2.05, 4.69) is 21.6 Å². The number of rotatable bonds is 7. The summed E-state index contributed by atoms with van der Waals surface area (Å²) in [4.78, 5) is 14.4. The second-order valence-corrected chi connectivity index (χ2v) is 7.31. The van der Waals surface area contributed by atoms with Crippen molar-refractivity contribution in [2.75, 3.05) is 17.2 Å². The molecule has 0 bridgehead atoms. The highest BCUT2D eigenvalue weighted by Gasteiger charge is 2.18. The van der Waals surface area contributed by atoms with E-state index in [1.165, 1.54) is 11.8 Å². The highest BCUT2D eigenvalue weighted by molar-refractivity contribution is 7.99. The van der Waals surface area contributed by atoms with Crippen LogP contribution in [0.2, 0.25) is 5.02 Å². The van der Waals surface area contributed by atoms with Gasteiger partial charge in [0.15, 0.2) is 0 Å². The molecule has 0 saturated heterocycles. The van der Waals surface area contributed by atoms with Gasteiger partial charge in [-0.15, -0.1) is 5.10 Å². The number of carbonyl (C=O) groups is 1. The van der Waals surface area contributed by atoms with Crippen molar-refractivity contribution < 1.29 is 4.79 Å². The summed E-state index contributed by atoms with van der Waals surface area (Å²) < 4.78 is 1.56. The van der Waals surface area contributed by atoms with Crippen LogP contribution in [0.25, 0.3) is 5.69 Å². The molecular weight excluding hydrogens is 396 g/mol. The Hall–Kier alpha value is -2.89. The van der Waals surface area contributed by atoms with Crippen LogP contribution >= 0.6 is 23.4 Å². The maximum atomic E-state index is 12.8. The first-order chi connectivity index (χ1) is 13.6. The fraction of sp³-hybridized carbons (Fsp3) is 0.211. The molecule has 142 valence electrons. The first kappa shape index (κ1) is 19.9. The van der Waals surface area contributed by atoms with Crippen molar-refractivity contribution in [3.05, 3.63) is 59.1 Å². The largest absolute Gasteiger partial charge is 0.311 e. The fourth-order valence-corrected chi connectivity index (χ4v) is 3.39. The molecule has 3 aromatic rings. The zero-order chi connectivity index (χ0) is 19.9. The second-order valence-electron chi connectivity index (χ2n) is 5.93. The van der Waals surface area contributed by atoms with E-state index >= 15 is 0 Å². The number of aromatic nitrogens is 4. The van der Waals surface area contributed by atoms with Crippen LogP contribution in [0.3, 0.4) is 0 Å². The Morgan fingerprint density at radius 3 is 2.61 bits per heavy atom. The number of thioether (sulfide) groups is 1. The Bertz CT molecular complexity index is 981. The van der Waals surface area contributed by atoms with E-state index in [4.69, 9.17) is 16.9 Å². The number of tetrazole rings is 1. The molecule has 28 heavy (non-hydrogen) atoms. The summed E-state index contributed by atoms with van der Waals surface area (Å²) in [6.07, 6.45) is 0.257. The number of amides is 1. The van der Waals surface area contributed by atoms with E-state index in [0.717, 1.165) is 16.9 Å². The monoisotopic (exact) mass is 412 g/mol. The van der Waals surface area contributed by atoms with Crippen molar-refractivity contribution in [3.63, 3.8) is 0 Å². The molecule has 2 aromatic carbocycles. The summed E-state index contributed by atoms with van der Waals surface area (Å²) in [5, 5.41) is 21.7. The van der Waals surface area contributed by atoms with Gasteiger partial charge in [-0.1, -0.05) is 41.1 Å². The molecule has 0 spiro atoms. The molecule has 0 unspecified atom stereocenters. The molecule has 0 fully saturated rings. The number of hydrogen-bond acceptors (Lipinski definition) is 6. The smallest absolute Gasteiger partial charge is 0.237 e. The van der Waals surface area contributed by atoms with Crippen molar-refractivity contribution in [2.45, 2.75) is 18.5 Å². The van der Waals surface area contributed by atoms with E-state index in [0.29, 0.717) is 16.7 Å². The van der Waals surface area contributed by atoms with Gasteiger partial charge in [-0.25, -0.2) is 0 Å². The molecule has 7 nitrogen and oxygen atoms in total. The molecule has 0 N–H and O–H groups in total. The number of nitriles is 1. The lowest BCUT2D eigenvalue weighted by molar-refractivity contribution is -0.116. The van der Waals surface area contributed by atoms with Gasteiger partial charge in [-0.2, -0.15) is 9.94 Å². The third-order valence-corrected chi connectivity index (χ3v) is 5.09. The minimum absolute atomic E-state index is 0.116. The number of nitrogens with zero attached hydrogens (tertiary/aromatic N) is 6. The number of carbonyl (C=O) groups excluding carboxylic acids is 1. The lowest BCUT2D eigenvalue weighted by Gasteiger charge is -2.21. The van der Waals surface area contributed by atoms with Gasteiger partial charge in [0.05, 0.1) is 23.9 Å². The molecule has 3 rings (SSSR count). The van der Waals surface area contributed by atoms with Gasteiger partial charge in [0.25, 0.3) is 0 Å². The lowest BCUT2D eigenvalue weighted by atomic mass is 10.2. The molecule has 1 heterocycles. The van der Waals surface area contributed by atoms with E-state index in [-0.39, 0.29) is 18.1 Å². The summed E-state index contributed by atoms with van der Waals surface area (Å²) in [6, 6.07) is 16.8. The van der Waals surface area contributed by atoms with Crippen LogP contribution < -0.4 is 4.90 Å². The van der Waals surface area contributed by atoms with Crippen LogP contribution in [-0.2, 0) is 4.79 Å². The van der Waals surface area contributed by atoms with Gasteiger partial charge in [0.1, 0.15) is 0 Å². The topological polar surface area (TPSA) is 87.7 Å². The number of halogens is 1. The van der Waals surface area contributed by atoms with Gasteiger partial charge in [-0.3, -0.25) is 4.79 Å². The highest BCUT2D eigenvalue weighted by atomic mass is 35.5. The van der Waals surface area contributed by atoms with Gasteiger partial charge in [-0.05, 0) is 53.7 Å². The minimum Gasteiger partial charge on any atom is -0.311 e.